The predicted octanol–water partition coefficient (Wildman–Crippen LogP) is 8.68. The fourth-order valence-corrected chi connectivity index (χ4v) is 6.30. The Bertz CT molecular complexity index is 1000. The van der Waals surface area contributed by atoms with Gasteiger partial charge in [0.2, 0.25) is 0 Å². The van der Waals surface area contributed by atoms with Crippen LogP contribution < -0.4 is 10.0 Å². The van der Waals surface area contributed by atoms with Gasteiger partial charge in [-0.1, -0.05) is 98.9 Å². The summed E-state index contributed by atoms with van der Waals surface area (Å²) in [5.41, 5.74) is 5.07. The molecule has 200 valence electrons. The van der Waals surface area contributed by atoms with Gasteiger partial charge in [-0.15, -0.1) is 0 Å². The molecule has 0 aliphatic heterocycles. The third-order valence-corrected chi connectivity index (χ3v) is 8.79. The molecule has 2 aromatic carbocycles. The highest BCUT2D eigenvalue weighted by atomic mass is 31.1. The molecule has 0 heterocycles. The van der Waals surface area contributed by atoms with Crippen LogP contribution >= 0.6 is 8.58 Å². The Morgan fingerprint density at radius 2 is 1.67 bits per heavy atom. The van der Waals surface area contributed by atoms with E-state index in [1.165, 1.54) is 46.8 Å². The van der Waals surface area contributed by atoms with Crippen molar-refractivity contribution in [1.29, 1.82) is 0 Å². The summed E-state index contributed by atoms with van der Waals surface area (Å²) in [4.78, 5) is 4.85. The van der Waals surface area contributed by atoms with E-state index in [1.807, 2.05) is 0 Å². The number of methoxy groups -OCH3 is 1. The van der Waals surface area contributed by atoms with E-state index in [2.05, 4.69) is 105 Å². The van der Waals surface area contributed by atoms with Crippen molar-refractivity contribution >= 4 is 20.1 Å². The summed E-state index contributed by atoms with van der Waals surface area (Å²) in [6.45, 7) is 20.4. The third kappa shape index (κ3) is 8.42. The lowest BCUT2D eigenvalue weighted by molar-refractivity contribution is 0.0493. The van der Waals surface area contributed by atoms with Crippen LogP contribution in [0.25, 0.3) is 0 Å². The monoisotopic (exact) mass is 511 g/mol. The maximum Gasteiger partial charge on any atom is 0.188 e. The summed E-state index contributed by atoms with van der Waals surface area (Å²) < 4.78 is 11.7. The lowest BCUT2D eigenvalue weighted by atomic mass is 9.80. The molecule has 0 aromatic heterocycles. The van der Waals surface area contributed by atoms with Gasteiger partial charge in [-0.25, -0.2) is 0 Å². The number of nitrogens with zero attached hydrogens (tertiary/aromatic N) is 1. The molecule has 36 heavy (non-hydrogen) atoms. The first-order valence-corrected chi connectivity index (χ1v) is 14.6. The first-order valence-electron chi connectivity index (χ1n) is 13.6. The molecule has 2 unspecified atom stereocenters. The van der Waals surface area contributed by atoms with E-state index >= 15 is 0 Å². The van der Waals surface area contributed by atoms with Crippen LogP contribution in [0.1, 0.15) is 110 Å². The van der Waals surface area contributed by atoms with Crippen molar-refractivity contribution in [2.24, 2.45) is 4.99 Å². The SMILES string of the molecule is CCCCCC(CC)(Pc1ccccc1C=NC(C)(C)C)c1cc(C(C)(C)C)cc(C)c1OCOC. The van der Waals surface area contributed by atoms with E-state index in [1.54, 1.807) is 7.11 Å². The van der Waals surface area contributed by atoms with Gasteiger partial charge in [0.1, 0.15) is 5.75 Å². The van der Waals surface area contributed by atoms with Crippen LogP contribution in [0.5, 0.6) is 5.75 Å². The summed E-state index contributed by atoms with van der Waals surface area (Å²) >= 11 is 0. The van der Waals surface area contributed by atoms with Crippen molar-refractivity contribution in [3.8, 4) is 5.75 Å². The second-order valence-electron chi connectivity index (χ2n) is 12.0. The normalized spacial score (nSPS) is 14.6. The minimum atomic E-state index is -0.0987. The van der Waals surface area contributed by atoms with Crippen LogP contribution in [0.2, 0.25) is 0 Å². The van der Waals surface area contributed by atoms with Crippen molar-refractivity contribution < 1.29 is 9.47 Å². The van der Waals surface area contributed by atoms with Gasteiger partial charge in [-0.05, 0) is 67.9 Å². The second kappa shape index (κ2) is 13.2. The van der Waals surface area contributed by atoms with Crippen molar-refractivity contribution in [2.75, 3.05) is 13.9 Å². The molecule has 4 heteroatoms. The van der Waals surface area contributed by atoms with E-state index in [4.69, 9.17) is 14.5 Å². The molecule has 3 nitrogen and oxygen atoms in total. The average molecular weight is 512 g/mol. The highest BCUT2D eigenvalue weighted by Crippen LogP contribution is 2.53. The highest BCUT2D eigenvalue weighted by molar-refractivity contribution is 7.48. The number of aliphatic imine (C=N–C) groups is 1. The third-order valence-electron chi connectivity index (χ3n) is 6.71. The van der Waals surface area contributed by atoms with Crippen LogP contribution in [0.15, 0.2) is 41.4 Å². The molecule has 0 bridgehead atoms. The van der Waals surface area contributed by atoms with Crippen LogP contribution in [0.4, 0.5) is 0 Å². The standard InChI is InChI=1S/C32H50NO2P/c1-11-13-16-19-32(12-2,36-28-18-15-14-17-25(28)22-33-31(7,8)9)27-21-26(30(4,5)6)20-24(3)29(27)35-23-34-10/h14-15,17-18,20-22,36H,11-13,16,19,23H2,1-10H3. The number of unbranched alkanes of at least 4 members (excludes halogenated alkanes) is 2. The Morgan fingerprint density at radius 1 is 0.972 bits per heavy atom. The maximum absolute atomic E-state index is 6.31. The number of hydrogen-bond acceptors (Lipinski definition) is 3. The first-order chi connectivity index (χ1) is 16.9. The van der Waals surface area contributed by atoms with E-state index in [0.29, 0.717) is 8.58 Å². The summed E-state index contributed by atoms with van der Waals surface area (Å²) in [7, 11) is 2.31. The Hall–Kier alpha value is -1.70. The van der Waals surface area contributed by atoms with Crippen LogP contribution in [-0.4, -0.2) is 25.7 Å². The molecule has 0 amide bonds. The molecule has 2 atom stereocenters. The second-order valence-corrected chi connectivity index (χ2v) is 13.8. The summed E-state index contributed by atoms with van der Waals surface area (Å²) in [5, 5.41) is 1.36. The van der Waals surface area contributed by atoms with Crippen LogP contribution in [-0.2, 0) is 15.3 Å². The van der Waals surface area contributed by atoms with Crippen molar-refractivity contribution in [3.05, 3.63) is 58.7 Å². The molecular weight excluding hydrogens is 461 g/mol. The fourth-order valence-electron chi connectivity index (χ4n) is 4.51. The lowest BCUT2D eigenvalue weighted by Crippen LogP contribution is -2.27. The zero-order valence-corrected chi connectivity index (χ0v) is 25.5. The number of aryl methyl sites for hydroxylation is 1. The molecule has 0 saturated heterocycles. The minimum Gasteiger partial charge on any atom is -0.467 e. The molecule has 0 aliphatic carbocycles. The Labute approximate surface area is 223 Å². The quantitative estimate of drug-likeness (QED) is 0.123. The van der Waals surface area contributed by atoms with E-state index in [9.17, 15) is 0 Å². The predicted molar refractivity (Wildman–Crippen MR) is 160 cm³/mol. The van der Waals surface area contributed by atoms with Crippen molar-refractivity contribution in [1.82, 2.24) is 0 Å². The van der Waals surface area contributed by atoms with Gasteiger partial charge in [0.05, 0.1) is 5.54 Å². The molecular formula is C32H50NO2P. The molecule has 0 N–H and O–H groups in total. The Kier molecular flexibility index (Phi) is 11.2. The molecule has 0 saturated carbocycles. The van der Waals surface area contributed by atoms with Gasteiger partial charge >= 0.3 is 0 Å². The summed E-state index contributed by atoms with van der Waals surface area (Å²) in [6.07, 6.45) is 7.93. The Balaban J connectivity index is 2.75. The maximum atomic E-state index is 6.31. The zero-order valence-electron chi connectivity index (χ0n) is 24.5. The van der Waals surface area contributed by atoms with Gasteiger partial charge in [0.15, 0.2) is 6.79 Å². The number of rotatable bonds is 12. The fraction of sp³-hybridized carbons (Fsp3) is 0.594. The molecule has 0 aliphatic rings. The minimum absolute atomic E-state index is 0.0179. The van der Waals surface area contributed by atoms with Crippen LogP contribution in [0.3, 0.4) is 0 Å². The number of benzene rings is 2. The van der Waals surface area contributed by atoms with Crippen LogP contribution in [0, 0.1) is 6.92 Å². The zero-order chi connectivity index (χ0) is 27.0. The molecule has 0 radical (unpaired) electrons. The van der Waals surface area contributed by atoms with Crippen molar-refractivity contribution in [3.63, 3.8) is 0 Å². The largest absolute Gasteiger partial charge is 0.467 e. The number of ether oxygens (including phenoxy) is 2. The number of hydrogen-bond donors (Lipinski definition) is 0. The van der Waals surface area contributed by atoms with Gasteiger partial charge in [-0.3, -0.25) is 4.99 Å². The van der Waals surface area contributed by atoms with Crippen molar-refractivity contribution in [2.45, 2.75) is 111 Å². The smallest absolute Gasteiger partial charge is 0.188 e. The van der Waals surface area contributed by atoms with Gasteiger partial charge in [0, 0.05) is 24.0 Å². The average Bonchev–Trinajstić information content (AvgIpc) is 2.80. The lowest BCUT2D eigenvalue weighted by Gasteiger charge is -2.37. The van der Waals surface area contributed by atoms with Gasteiger partial charge in [-0.2, -0.15) is 0 Å². The molecule has 0 spiro atoms. The highest BCUT2D eigenvalue weighted by Gasteiger charge is 2.36. The molecule has 2 rings (SSSR count). The van der Waals surface area contributed by atoms with E-state index < -0.39 is 0 Å². The van der Waals surface area contributed by atoms with Gasteiger partial charge in [0.25, 0.3) is 0 Å². The molecule has 0 fully saturated rings. The molecule has 2 aromatic rings. The van der Waals surface area contributed by atoms with E-state index in [0.717, 1.165) is 18.6 Å². The first kappa shape index (κ1) is 30.5. The topological polar surface area (TPSA) is 30.8 Å². The summed E-state index contributed by atoms with van der Waals surface area (Å²) in [6, 6.07) is 13.5. The van der Waals surface area contributed by atoms with Gasteiger partial charge < -0.3 is 9.47 Å². The Morgan fingerprint density at radius 3 is 2.25 bits per heavy atom. The van der Waals surface area contributed by atoms with E-state index in [-0.39, 0.29) is 22.9 Å². The summed E-state index contributed by atoms with van der Waals surface area (Å²) in [5.74, 6) is 0.997.